The van der Waals surface area contributed by atoms with Crippen LogP contribution in [0.3, 0.4) is 0 Å². The lowest BCUT2D eigenvalue weighted by Gasteiger charge is -2.53. The number of nitrogens with zero attached hydrogens (tertiary/aromatic N) is 4. The number of aliphatic hydroxyl groups is 1. The maximum absolute atomic E-state index is 12.2. The van der Waals surface area contributed by atoms with E-state index in [4.69, 9.17) is 0 Å². The first kappa shape index (κ1) is 17.2. The molecule has 3 rings (SSSR count). The summed E-state index contributed by atoms with van der Waals surface area (Å²) in [5, 5.41) is 10.0. The van der Waals surface area contributed by atoms with E-state index in [1.54, 1.807) is 25.1 Å². The van der Waals surface area contributed by atoms with Crippen molar-refractivity contribution in [2.24, 2.45) is 5.41 Å². The van der Waals surface area contributed by atoms with Crippen LogP contribution in [0.25, 0.3) is 0 Å². The fourth-order valence-electron chi connectivity index (χ4n) is 4.17. The molecule has 2 atom stereocenters. The van der Waals surface area contributed by atoms with Crippen LogP contribution in [0.4, 0.5) is 5.82 Å². The Morgan fingerprint density at radius 3 is 2.88 bits per heavy atom. The highest BCUT2D eigenvalue weighted by atomic mass is 16.3. The van der Waals surface area contributed by atoms with Crippen LogP contribution in [0.15, 0.2) is 18.2 Å². The van der Waals surface area contributed by atoms with E-state index in [9.17, 15) is 9.90 Å². The van der Waals surface area contributed by atoms with Gasteiger partial charge in [-0.3, -0.25) is 4.79 Å². The number of carbonyl (C=O) groups is 1. The largest absolute Gasteiger partial charge is 0.396 e. The van der Waals surface area contributed by atoms with E-state index < -0.39 is 0 Å². The Hall–Kier alpha value is -1.66. The summed E-state index contributed by atoms with van der Waals surface area (Å²) >= 11 is 0. The molecule has 1 N–H and O–H groups in total. The molecule has 0 aromatic carbocycles. The molecule has 1 amide bonds. The lowest BCUT2D eigenvalue weighted by atomic mass is 9.69. The van der Waals surface area contributed by atoms with Crippen LogP contribution in [0.2, 0.25) is 0 Å². The van der Waals surface area contributed by atoms with Crippen LogP contribution < -0.4 is 4.90 Å². The van der Waals surface area contributed by atoms with Gasteiger partial charge in [0.15, 0.2) is 0 Å². The highest BCUT2D eigenvalue weighted by Gasteiger charge is 2.46. The van der Waals surface area contributed by atoms with Gasteiger partial charge in [-0.15, -0.1) is 0 Å². The van der Waals surface area contributed by atoms with Crippen molar-refractivity contribution in [3.8, 4) is 0 Å². The van der Waals surface area contributed by atoms with Crippen molar-refractivity contribution >= 4 is 11.7 Å². The van der Waals surface area contributed by atoms with Gasteiger partial charge in [0.25, 0.3) is 5.91 Å². The normalized spacial score (nSPS) is 27.7. The molecule has 1 aromatic rings. The minimum atomic E-state index is -0.0756. The molecule has 132 valence electrons. The quantitative estimate of drug-likeness (QED) is 0.897. The van der Waals surface area contributed by atoms with Crippen molar-refractivity contribution in [3.63, 3.8) is 0 Å². The zero-order chi connectivity index (χ0) is 17.3. The van der Waals surface area contributed by atoms with Gasteiger partial charge in [-0.1, -0.05) is 6.07 Å². The van der Waals surface area contributed by atoms with E-state index in [0.29, 0.717) is 11.7 Å². The predicted molar refractivity (Wildman–Crippen MR) is 94.3 cm³/mol. The fourth-order valence-corrected chi connectivity index (χ4v) is 4.17. The average Bonchev–Trinajstić information content (AvgIpc) is 2.61. The Kier molecular flexibility index (Phi) is 4.78. The van der Waals surface area contributed by atoms with Gasteiger partial charge in [-0.05, 0) is 45.0 Å². The summed E-state index contributed by atoms with van der Waals surface area (Å²) in [6.07, 6.45) is 3.21. The molecular formula is C18H28N4O2. The second kappa shape index (κ2) is 6.69. The summed E-state index contributed by atoms with van der Waals surface area (Å²) in [4.78, 5) is 22.9. The number of rotatable bonds is 3. The molecule has 0 saturated carbocycles. The monoisotopic (exact) mass is 332 g/mol. The molecule has 6 nitrogen and oxygen atoms in total. The number of amides is 1. The number of hydrogen-bond acceptors (Lipinski definition) is 5. The first-order valence-corrected chi connectivity index (χ1v) is 8.71. The molecule has 1 aromatic heterocycles. The Balaban J connectivity index is 1.82. The smallest absolute Gasteiger partial charge is 0.272 e. The standard InChI is InChI=1S/C18H28N4O2/c1-20(2)17(24)14-6-4-7-16(19-14)22-11-9-18(13-23)8-5-10-21(3)15(18)12-22/h4,6-7,15,23H,5,8-13H2,1-3H3/t15-,18-/m1/s1. The number of pyridine rings is 1. The van der Waals surface area contributed by atoms with Gasteiger partial charge in [0.1, 0.15) is 11.5 Å². The number of anilines is 1. The third-order valence-electron chi connectivity index (χ3n) is 5.70. The predicted octanol–water partition coefficient (Wildman–Crippen LogP) is 1.07. The van der Waals surface area contributed by atoms with Crippen molar-refractivity contribution in [1.82, 2.24) is 14.8 Å². The van der Waals surface area contributed by atoms with Crippen LogP contribution in [0.1, 0.15) is 29.8 Å². The van der Waals surface area contributed by atoms with Gasteiger partial charge in [-0.2, -0.15) is 0 Å². The highest BCUT2D eigenvalue weighted by Crippen LogP contribution is 2.42. The Bertz CT molecular complexity index is 606. The summed E-state index contributed by atoms with van der Waals surface area (Å²) in [6.45, 7) is 3.05. The van der Waals surface area contributed by atoms with Crippen LogP contribution in [-0.2, 0) is 0 Å². The molecule has 2 saturated heterocycles. The first-order chi connectivity index (χ1) is 11.5. The van der Waals surface area contributed by atoms with E-state index in [1.165, 1.54) is 0 Å². The minimum absolute atomic E-state index is 0.0145. The number of hydrogen-bond donors (Lipinski definition) is 1. The number of piperidine rings is 2. The van der Waals surface area contributed by atoms with Crippen LogP contribution in [0, 0.1) is 5.41 Å². The van der Waals surface area contributed by atoms with Crippen LogP contribution >= 0.6 is 0 Å². The molecule has 0 unspecified atom stereocenters. The van der Waals surface area contributed by atoms with Gasteiger partial charge < -0.3 is 19.8 Å². The third-order valence-corrected chi connectivity index (χ3v) is 5.70. The van der Waals surface area contributed by atoms with Gasteiger partial charge in [0.05, 0.1) is 6.61 Å². The van der Waals surface area contributed by atoms with E-state index in [1.807, 2.05) is 12.1 Å². The number of carbonyl (C=O) groups excluding carboxylic acids is 1. The van der Waals surface area contributed by atoms with Gasteiger partial charge >= 0.3 is 0 Å². The topological polar surface area (TPSA) is 59.9 Å². The Morgan fingerprint density at radius 1 is 1.38 bits per heavy atom. The molecule has 24 heavy (non-hydrogen) atoms. The second-order valence-electron chi connectivity index (χ2n) is 7.40. The second-order valence-corrected chi connectivity index (χ2v) is 7.40. The van der Waals surface area contributed by atoms with Gasteiger partial charge in [-0.25, -0.2) is 4.98 Å². The van der Waals surface area contributed by atoms with Gasteiger partial charge in [0.2, 0.25) is 0 Å². The highest BCUT2D eigenvalue weighted by molar-refractivity contribution is 5.92. The maximum atomic E-state index is 12.2. The molecule has 0 spiro atoms. The maximum Gasteiger partial charge on any atom is 0.272 e. The third kappa shape index (κ3) is 3.00. The van der Waals surface area contributed by atoms with E-state index in [0.717, 1.165) is 44.7 Å². The zero-order valence-electron chi connectivity index (χ0n) is 14.9. The summed E-state index contributed by atoms with van der Waals surface area (Å²) in [5.41, 5.74) is 0.495. The average molecular weight is 332 g/mol. The van der Waals surface area contributed by atoms with Crippen LogP contribution in [-0.4, -0.2) is 79.2 Å². The number of fused-ring (bicyclic) bond motifs is 1. The number of aliphatic hydroxyl groups excluding tert-OH is 1. The summed E-state index contributed by atoms with van der Waals surface area (Å²) in [6, 6.07) is 5.97. The van der Waals surface area contributed by atoms with Crippen molar-refractivity contribution < 1.29 is 9.90 Å². The minimum Gasteiger partial charge on any atom is -0.396 e. The lowest BCUT2D eigenvalue weighted by Crippen LogP contribution is -2.61. The number of likely N-dealkylation sites (tertiary alicyclic amines) is 1. The Morgan fingerprint density at radius 2 is 2.17 bits per heavy atom. The molecule has 0 radical (unpaired) electrons. The van der Waals surface area contributed by atoms with Crippen LogP contribution in [0.5, 0.6) is 0 Å². The Labute approximate surface area is 144 Å². The number of likely N-dealkylation sites (N-methyl/N-ethyl adjacent to an activating group) is 1. The van der Waals surface area contributed by atoms with Crippen molar-refractivity contribution in [3.05, 3.63) is 23.9 Å². The van der Waals surface area contributed by atoms with E-state index in [2.05, 4.69) is 21.8 Å². The van der Waals surface area contributed by atoms with Crippen molar-refractivity contribution in [2.75, 3.05) is 52.3 Å². The fraction of sp³-hybridized carbons (Fsp3) is 0.667. The van der Waals surface area contributed by atoms with E-state index >= 15 is 0 Å². The molecule has 0 aliphatic carbocycles. The zero-order valence-corrected chi connectivity index (χ0v) is 14.9. The summed E-state index contributed by atoms with van der Waals surface area (Å²) in [5.74, 6) is 0.779. The molecule has 0 bridgehead atoms. The van der Waals surface area contributed by atoms with Crippen molar-refractivity contribution in [1.29, 1.82) is 0 Å². The molecule has 2 fully saturated rings. The van der Waals surface area contributed by atoms with E-state index in [-0.39, 0.29) is 17.9 Å². The molecule has 6 heteroatoms. The molecule has 2 aliphatic rings. The molecule has 3 heterocycles. The molecular weight excluding hydrogens is 304 g/mol. The van der Waals surface area contributed by atoms with Gasteiger partial charge in [0, 0.05) is 38.6 Å². The number of aromatic nitrogens is 1. The van der Waals surface area contributed by atoms with Crippen molar-refractivity contribution in [2.45, 2.75) is 25.3 Å². The summed E-state index contributed by atoms with van der Waals surface area (Å²) < 4.78 is 0. The SMILES string of the molecule is CN(C)C(=O)c1cccc(N2CC[C@@]3(CO)CCCN(C)[C@@H]3C2)n1. The first-order valence-electron chi connectivity index (χ1n) is 8.71. The molecule has 2 aliphatic heterocycles. The summed E-state index contributed by atoms with van der Waals surface area (Å²) in [7, 11) is 5.63. The lowest BCUT2D eigenvalue weighted by molar-refractivity contribution is -0.0277.